The van der Waals surface area contributed by atoms with Gasteiger partial charge in [-0.2, -0.15) is 0 Å². The van der Waals surface area contributed by atoms with E-state index >= 15 is 0 Å². The van der Waals surface area contributed by atoms with Crippen molar-refractivity contribution >= 4 is 46.8 Å². The number of nitrogens with one attached hydrogen (secondary N) is 2. The zero-order chi connectivity index (χ0) is 18.7. The SMILES string of the molecule is NC(=O)CN1CCC(NC(=O)CC2Sc3ccc(Cl)cc3NC2=O)CC1. The maximum Gasteiger partial charge on any atom is 0.238 e. The molecule has 7 nitrogen and oxygen atoms in total. The predicted octanol–water partition coefficient (Wildman–Crippen LogP) is 1.21. The summed E-state index contributed by atoms with van der Waals surface area (Å²) in [6.45, 7) is 1.70. The van der Waals surface area contributed by atoms with E-state index in [0.29, 0.717) is 10.7 Å². The molecular weight excluding hydrogens is 376 g/mol. The third-order valence-electron chi connectivity index (χ3n) is 4.46. The van der Waals surface area contributed by atoms with E-state index in [4.69, 9.17) is 17.3 Å². The molecule has 0 saturated carbocycles. The van der Waals surface area contributed by atoms with E-state index < -0.39 is 5.25 Å². The number of carbonyl (C=O) groups excluding carboxylic acids is 3. The van der Waals surface area contributed by atoms with Crippen LogP contribution in [0.25, 0.3) is 0 Å². The van der Waals surface area contributed by atoms with Crippen LogP contribution in [0.1, 0.15) is 19.3 Å². The molecule has 0 radical (unpaired) electrons. The highest BCUT2D eigenvalue weighted by molar-refractivity contribution is 8.01. The molecule has 2 aliphatic heterocycles. The summed E-state index contributed by atoms with van der Waals surface area (Å²) in [6, 6.07) is 5.38. The largest absolute Gasteiger partial charge is 0.369 e. The number of benzene rings is 1. The summed E-state index contributed by atoms with van der Waals surface area (Å²) in [5.41, 5.74) is 5.89. The van der Waals surface area contributed by atoms with Crippen LogP contribution < -0.4 is 16.4 Å². The molecule has 2 heterocycles. The van der Waals surface area contributed by atoms with Gasteiger partial charge in [0.2, 0.25) is 17.7 Å². The number of thioether (sulfide) groups is 1. The molecule has 1 unspecified atom stereocenters. The molecule has 1 aromatic rings. The molecule has 3 rings (SSSR count). The molecule has 0 aliphatic carbocycles. The van der Waals surface area contributed by atoms with E-state index in [1.807, 2.05) is 11.0 Å². The first kappa shape index (κ1) is 19.0. The first-order valence-electron chi connectivity index (χ1n) is 8.48. The van der Waals surface area contributed by atoms with E-state index in [1.54, 1.807) is 12.1 Å². The third kappa shape index (κ3) is 4.90. The quantitative estimate of drug-likeness (QED) is 0.693. The van der Waals surface area contributed by atoms with Gasteiger partial charge in [-0.05, 0) is 31.0 Å². The standard InChI is InChI=1S/C17H21ClN4O3S/c18-10-1-2-13-12(7-10)21-17(25)14(26-13)8-16(24)20-11-3-5-22(6-4-11)9-15(19)23/h1-2,7,11,14H,3-6,8-9H2,(H2,19,23)(H,20,24)(H,21,25). The van der Waals surface area contributed by atoms with Crippen LogP contribution in [-0.2, 0) is 14.4 Å². The number of carbonyl (C=O) groups is 3. The van der Waals surface area contributed by atoms with Crippen molar-refractivity contribution in [3.05, 3.63) is 23.2 Å². The topological polar surface area (TPSA) is 105 Å². The van der Waals surface area contributed by atoms with Crippen molar-refractivity contribution < 1.29 is 14.4 Å². The second kappa shape index (κ2) is 8.28. The van der Waals surface area contributed by atoms with Gasteiger partial charge in [0.05, 0.1) is 17.5 Å². The number of likely N-dealkylation sites (tertiary alicyclic amines) is 1. The van der Waals surface area contributed by atoms with Crippen LogP contribution in [0.15, 0.2) is 23.1 Å². The highest BCUT2D eigenvalue weighted by atomic mass is 35.5. The molecule has 4 N–H and O–H groups in total. The maximum absolute atomic E-state index is 12.3. The van der Waals surface area contributed by atoms with Gasteiger partial charge in [0.1, 0.15) is 0 Å². The van der Waals surface area contributed by atoms with Crippen LogP contribution in [0.5, 0.6) is 0 Å². The number of anilines is 1. The van der Waals surface area contributed by atoms with Gasteiger partial charge in [0, 0.05) is 35.5 Å². The summed E-state index contributed by atoms with van der Waals surface area (Å²) in [4.78, 5) is 38.4. The Balaban J connectivity index is 1.49. The Bertz CT molecular complexity index is 722. The number of nitrogens with two attached hydrogens (primary N) is 1. The molecule has 3 amide bonds. The zero-order valence-corrected chi connectivity index (χ0v) is 15.7. The van der Waals surface area contributed by atoms with Crippen molar-refractivity contribution in [2.75, 3.05) is 25.0 Å². The minimum atomic E-state index is -0.460. The number of primary amides is 1. The monoisotopic (exact) mass is 396 g/mol. The average Bonchev–Trinajstić information content (AvgIpc) is 2.57. The van der Waals surface area contributed by atoms with Crippen LogP contribution in [0.4, 0.5) is 5.69 Å². The Kier molecular flexibility index (Phi) is 6.05. The first-order valence-corrected chi connectivity index (χ1v) is 9.73. The van der Waals surface area contributed by atoms with Gasteiger partial charge >= 0.3 is 0 Å². The summed E-state index contributed by atoms with van der Waals surface area (Å²) in [5, 5.41) is 5.91. The van der Waals surface area contributed by atoms with Crippen LogP contribution in [-0.4, -0.2) is 53.5 Å². The van der Waals surface area contributed by atoms with E-state index in [-0.39, 0.29) is 36.7 Å². The first-order chi connectivity index (χ1) is 12.4. The predicted molar refractivity (Wildman–Crippen MR) is 101 cm³/mol. The summed E-state index contributed by atoms with van der Waals surface area (Å²) in [7, 11) is 0. The lowest BCUT2D eigenvalue weighted by atomic mass is 10.0. The summed E-state index contributed by atoms with van der Waals surface area (Å²) < 4.78 is 0. The van der Waals surface area contributed by atoms with Crippen LogP contribution in [0.2, 0.25) is 5.02 Å². The van der Waals surface area contributed by atoms with Crippen molar-refractivity contribution in [3.63, 3.8) is 0 Å². The molecule has 0 bridgehead atoms. The fourth-order valence-electron chi connectivity index (χ4n) is 3.17. The van der Waals surface area contributed by atoms with Gasteiger partial charge in [0.25, 0.3) is 0 Å². The number of piperidine rings is 1. The van der Waals surface area contributed by atoms with Crippen molar-refractivity contribution in [2.45, 2.75) is 35.4 Å². The Morgan fingerprint density at radius 2 is 2.08 bits per heavy atom. The Morgan fingerprint density at radius 3 is 2.77 bits per heavy atom. The molecule has 0 aromatic heterocycles. The highest BCUT2D eigenvalue weighted by Crippen LogP contribution is 2.38. The van der Waals surface area contributed by atoms with Crippen molar-refractivity contribution in [2.24, 2.45) is 5.73 Å². The van der Waals surface area contributed by atoms with Crippen molar-refractivity contribution in [1.82, 2.24) is 10.2 Å². The number of hydrogen-bond acceptors (Lipinski definition) is 5. The smallest absolute Gasteiger partial charge is 0.238 e. The van der Waals surface area contributed by atoms with E-state index in [9.17, 15) is 14.4 Å². The van der Waals surface area contributed by atoms with Gasteiger partial charge in [-0.15, -0.1) is 11.8 Å². The zero-order valence-electron chi connectivity index (χ0n) is 14.2. The molecule has 1 aromatic carbocycles. The van der Waals surface area contributed by atoms with Crippen LogP contribution >= 0.6 is 23.4 Å². The lowest BCUT2D eigenvalue weighted by molar-refractivity contribution is -0.125. The Hall–Kier alpha value is -1.77. The lowest BCUT2D eigenvalue weighted by Crippen LogP contribution is -2.47. The highest BCUT2D eigenvalue weighted by Gasteiger charge is 2.30. The molecular formula is C17H21ClN4O3S. The maximum atomic E-state index is 12.3. The number of nitrogens with zero attached hydrogens (tertiary/aromatic N) is 1. The van der Waals surface area contributed by atoms with Crippen molar-refractivity contribution in [3.8, 4) is 0 Å². The second-order valence-corrected chi connectivity index (χ2v) is 8.21. The summed E-state index contributed by atoms with van der Waals surface area (Å²) in [6.07, 6.45) is 1.66. The summed E-state index contributed by atoms with van der Waals surface area (Å²) >= 11 is 7.32. The van der Waals surface area contributed by atoms with Gasteiger partial charge in [-0.25, -0.2) is 0 Å². The van der Waals surface area contributed by atoms with E-state index in [2.05, 4.69) is 10.6 Å². The Labute approximate surface area is 161 Å². The molecule has 26 heavy (non-hydrogen) atoms. The van der Waals surface area contributed by atoms with Gasteiger partial charge in [-0.1, -0.05) is 11.6 Å². The Morgan fingerprint density at radius 1 is 1.35 bits per heavy atom. The fraction of sp³-hybridized carbons (Fsp3) is 0.471. The normalized spacial score (nSPS) is 21.0. The number of fused-ring (bicyclic) bond motifs is 1. The minimum Gasteiger partial charge on any atom is -0.369 e. The summed E-state index contributed by atoms with van der Waals surface area (Å²) in [5.74, 6) is -0.658. The number of hydrogen-bond donors (Lipinski definition) is 3. The fourth-order valence-corrected chi connectivity index (χ4v) is 4.43. The van der Waals surface area contributed by atoms with Gasteiger partial charge in [0.15, 0.2) is 0 Å². The van der Waals surface area contributed by atoms with Crippen LogP contribution in [0.3, 0.4) is 0 Å². The number of amides is 3. The molecule has 140 valence electrons. The van der Waals surface area contributed by atoms with E-state index in [1.165, 1.54) is 11.8 Å². The van der Waals surface area contributed by atoms with Gasteiger partial charge < -0.3 is 16.4 Å². The number of rotatable bonds is 5. The van der Waals surface area contributed by atoms with Crippen LogP contribution in [0, 0.1) is 0 Å². The lowest BCUT2D eigenvalue weighted by Gasteiger charge is -2.32. The third-order valence-corrected chi connectivity index (χ3v) is 5.97. The van der Waals surface area contributed by atoms with Crippen molar-refractivity contribution in [1.29, 1.82) is 0 Å². The molecule has 1 fully saturated rings. The van der Waals surface area contributed by atoms with Gasteiger partial charge in [-0.3, -0.25) is 19.3 Å². The second-order valence-electron chi connectivity index (χ2n) is 6.52. The molecule has 2 aliphatic rings. The average molecular weight is 397 g/mol. The molecule has 1 atom stereocenters. The minimum absolute atomic E-state index is 0.0642. The molecule has 9 heteroatoms. The number of halogens is 1. The van der Waals surface area contributed by atoms with E-state index in [0.717, 1.165) is 30.8 Å². The molecule has 0 spiro atoms. The molecule has 1 saturated heterocycles.